The normalized spacial score (nSPS) is 10.7. The van der Waals surface area contributed by atoms with E-state index in [0.29, 0.717) is 23.4 Å². The lowest BCUT2D eigenvalue weighted by molar-refractivity contribution is -0.192. The number of nitrogens with one attached hydrogen (secondary N) is 2. The predicted molar refractivity (Wildman–Crippen MR) is 143 cm³/mol. The number of alkyl halides is 3. The van der Waals surface area contributed by atoms with Crippen molar-refractivity contribution in [1.82, 2.24) is 9.78 Å². The molecule has 0 saturated carbocycles. The Hall–Kier alpha value is -4.45. The van der Waals surface area contributed by atoms with Gasteiger partial charge in [0.2, 0.25) is 5.91 Å². The molecule has 0 aliphatic heterocycles. The van der Waals surface area contributed by atoms with E-state index in [4.69, 9.17) is 9.90 Å². The molecule has 0 aliphatic carbocycles. The Labute approximate surface area is 229 Å². The van der Waals surface area contributed by atoms with Crippen molar-refractivity contribution in [1.29, 1.82) is 0 Å². The van der Waals surface area contributed by atoms with Crippen LogP contribution in [0.3, 0.4) is 0 Å². The first kappa shape index (κ1) is 29.1. The van der Waals surface area contributed by atoms with E-state index >= 15 is 0 Å². The molecule has 3 N–H and O–H groups in total. The molecule has 2 amide bonds. The van der Waals surface area contributed by atoms with Gasteiger partial charge >= 0.3 is 12.1 Å². The van der Waals surface area contributed by atoms with Gasteiger partial charge in [0.1, 0.15) is 0 Å². The van der Waals surface area contributed by atoms with Crippen LogP contribution in [0, 0.1) is 6.92 Å². The zero-order valence-corrected chi connectivity index (χ0v) is 22.0. The van der Waals surface area contributed by atoms with Crippen LogP contribution >= 0.6 is 15.9 Å². The summed E-state index contributed by atoms with van der Waals surface area (Å²) in [6, 6.07) is 22.4. The smallest absolute Gasteiger partial charge is 0.475 e. The van der Waals surface area contributed by atoms with Crippen LogP contribution in [0.2, 0.25) is 0 Å². The summed E-state index contributed by atoms with van der Waals surface area (Å²) in [6.07, 6.45) is -1.44. The number of rotatable bonds is 6. The van der Waals surface area contributed by atoms with Gasteiger partial charge in [0, 0.05) is 15.7 Å². The van der Waals surface area contributed by atoms with Gasteiger partial charge in [0.25, 0.3) is 5.91 Å². The number of carbonyl (C=O) groups excluding carboxylic acids is 2. The van der Waals surface area contributed by atoms with Crippen LogP contribution in [0.15, 0.2) is 89.7 Å². The van der Waals surface area contributed by atoms with Gasteiger partial charge in [0.05, 0.1) is 30.2 Å². The van der Waals surface area contributed by atoms with Crippen molar-refractivity contribution in [3.8, 4) is 5.69 Å². The van der Waals surface area contributed by atoms with Crippen molar-refractivity contribution in [3.05, 3.63) is 106 Å². The van der Waals surface area contributed by atoms with Crippen molar-refractivity contribution >= 4 is 45.1 Å². The first-order valence-corrected chi connectivity index (χ1v) is 12.1. The minimum absolute atomic E-state index is 0.102. The Morgan fingerprint density at radius 1 is 0.949 bits per heavy atom. The van der Waals surface area contributed by atoms with Crippen molar-refractivity contribution in [2.45, 2.75) is 19.5 Å². The summed E-state index contributed by atoms with van der Waals surface area (Å²) in [5, 5.41) is 17.2. The Bertz CT molecular complexity index is 1470. The molecule has 0 radical (unpaired) electrons. The molecule has 1 aromatic heterocycles. The average molecular weight is 603 g/mol. The molecule has 3 aromatic carbocycles. The van der Waals surface area contributed by atoms with Gasteiger partial charge in [-0.05, 0) is 55.0 Å². The number of hydrogen-bond donors (Lipinski definition) is 3. The molecule has 4 rings (SSSR count). The van der Waals surface area contributed by atoms with E-state index in [-0.39, 0.29) is 11.8 Å². The number of carboxylic acids is 1. The number of aromatic nitrogens is 2. The Morgan fingerprint density at radius 2 is 1.62 bits per heavy atom. The van der Waals surface area contributed by atoms with E-state index in [9.17, 15) is 22.8 Å². The maximum Gasteiger partial charge on any atom is 0.490 e. The summed E-state index contributed by atoms with van der Waals surface area (Å²) in [5.74, 6) is -3.05. The topological polar surface area (TPSA) is 113 Å². The average Bonchev–Trinajstić information content (AvgIpc) is 3.32. The standard InChI is InChI=1S/C25H21BrN4O2.C2HF3O2/c1-17-4-2-5-18(12-17)13-24(31)28-22-15-27-30(16-22)23-10-8-19(9-11-23)25(32)29-21-7-3-6-20(26)14-21;3-2(4,5)1(6)7/h2-12,14-16H,13H2,1H3,(H,28,31)(H,29,32);(H,6,7). The number of amides is 2. The first-order chi connectivity index (χ1) is 18.4. The Morgan fingerprint density at radius 3 is 2.23 bits per heavy atom. The van der Waals surface area contributed by atoms with Crippen LogP contribution in [0.5, 0.6) is 0 Å². The van der Waals surface area contributed by atoms with Gasteiger partial charge in [-0.3, -0.25) is 9.59 Å². The van der Waals surface area contributed by atoms with Crippen molar-refractivity contribution in [2.24, 2.45) is 0 Å². The number of aryl methyl sites for hydroxylation is 1. The second kappa shape index (κ2) is 12.9. The molecule has 0 atom stereocenters. The number of anilines is 2. The largest absolute Gasteiger partial charge is 0.490 e. The predicted octanol–water partition coefficient (Wildman–Crippen LogP) is 6.01. The first-order valence-electron chi connectivity index (χ1n) is 11.3. The van der Waals surface area contributed by atoms with Crippen LogP contribution in [0.1, 0.15) is 21.5 Å². The number of hydrogen-bond acceptors (Lipinski definition) is 4. The third-order valence-corrected chi connectivity index (χ3v) is 5.53. The minimum atomic E-state index is -5.08. The van der Waals surface area contributed by atoms with Gasteiger partial charge in [-0.1, -0.05) is 51.8 Å². The molecule has 0 fully saturated rings. The molecule has 39 heavy (non-hydrogen) atoms. The van der Waals surface area contributed by atoms with Crippen LogP contribution in [-0.4, -0.2) is 38.8 Å². The second-order valence-corrected chi connectivity index (χ2v) is 9.12. The van der Waals surface area contributed by atoms with E-state index in [0.717, 1.165) is 21.3 Å². The lowest BCUT2D eigenvalue weighted by Gasteiger charge is -2.07. The maximum atomic E-state index is 12.5. The molecule has 0 unspecified atom stereocenters. The van der Waals surface area contributed by atoms with E-state index in [1.807, 2.05) is 55.5 Å². The summed E-state index contributed by atoms with van der Waals surface area (Å²) in [4.78, 5) is 33.7. The lowest BCUT2D eigenvalue weighted by Crippen LogP contribution is -2.21. The maximum absolute atomic E-state index is 12.5. The fourth-order valence-electron chi connectivity index (χ4n) is 3.28. The van der Waals surface area contributed by atoms with Crippen LogP contribution in [0.4, 0.5) is 24.5 Å². The molecule has 1 heterocycles. The minimum Gasteiger partial charge on any atom is -0.475 e. The summed E-state index contributed by atoms with van der Waals surface area (Å²) >= 11 is 3.39. The summed E-state index contributed by atoms with van der Waals surface area (Å²) in [5.41, 5.74) is 4.73. The number of halogens is 4. The number of nitrogens with zero attached hydrogens (tertiary/aromatic N) is 2. The lowest BCUT2D eigenvalue weighted by atomic mass is 10.1. The number of carboxylic acid groups (broad SMARTS) is 1. The highest BCUT2D eigenvalue weighted by Crippen LogP contribution is 2.18. The van der Waals surface area contributed by atoms with Crippen LogP contribution in [-0.2, 0) is 16.0 Å². The molecule has 202 valence electrons. The zero-order valence-electron chi connectivity index (χ0n) is 20.4. The van der Waals surface area contributed by atoms with Gasteiger partial charge in [-0.15, -0.1) is 0 Å². The second-order valence-electron chi connectivity index (χ2n) is 8.20. The third kappa shape index (κ3) is 9.11. The molecular formula is C27H22BrF3N4O4. The molecule has 8 nitrogen and oxygen atoms in total. The summed E-state index contributed by atoms with van der Waals surface area (Å²) < 4.78 is 34.3. The number of carbonyl (C=O) groups is 3. The van der Waals surface area contributed by atoms with Crippen molar-refractivity contribution < 1.29 is 32.7 Å². The Kier molecular flexibility index (Phi) is 9.61. The molecule has 0 saturated heterocycles. The highest BCUT2D eigenvalue weighted by Gasteiger charge is 2.38. The van der Waals surface area contributed by atoms with Crippen molar-refractivity contribution in [2.75, 3.05) is 10.6 Å². The number of aliphatic carboxylic acids is 1. The van der Waals surface area contributed by atoms with E-state index < -0.39 is 12.1 Å². The molecular weight excluding hydrogens is 581 g/mol. The SMILES string of the molecule is Cc1cccc(CC(=O)Nc2cnn(-c3ccc(C(=O)Nc4cccc(Br)c4)cc3)c2)c1.O=C(O)C(F)(F)F. The van der Waals surface area contributed by atoms with Crippen LogP contribution in [0.25, 0.3) is 5.69 Å². The van der Waals surface area contributed by atoms with Crippen LogP contribution < -0.4 is 10.6 Å². The van der Waals surface area contributed by atoms with E-state index in [1.54, 1.807) is 41.3 Å². The van der Waals surface area contributed by atoms with Gasteiger partial charge < -0.3 is 15.7 Å². The highest BCUT2D eigenvalue weighted by atomic mass is 79.9. The van der Waals surface area contributed by atoms with Gasteiger partial charge in [-0.2, -0.15) is 18.3 Å². The molecule has 0 aliphatic rings. The van der Waals surface area contributed by atoms with E-state index in [2.05, 4.69) is 31.7 Å². The molecule has 0 bridgehead atoms. The Balaban J connectivity index is 0.000000532. The van der Waals surface area contributed by atoms with Crippen molar-refractivity contribution in [3.63, 3.8) is 0 Å². The fraction of sp³-hybridized carbons (Fsp3) is 0.111. The highest BCUT2D eigenvalue weighted by molar-refractivity contribution is 9.10. The molecule has 12 heteroatoms. The molecule has 0 spiro atoms. The third-order valence-electron chi connectivity index (χ3n) is 5.03. The summed E-state index contributed by atoms with van der Waals surface area (Å²) in [6.45, 7) is 2.00. The van der Waals surface area contributed by atoms with Gasteiger partial charge in [0.15, 0.2) is 0 Å². The number of benzene rings is 3. The fourth-order valence-corrected chi connectivity index (χ4v) is 3.68. The monoisotopic (exact) mass is 602 g/mol. The quantitative estimate of drug-likeness (QED) is 0.250. The molecule has 4 aromatic rings. The zero-order chi connectivity index (χ0) is 28.6. The van der Waals surface area contributed by atoms with E-state index in [1.165, 1.54) is 0 Å². The van der Waals surface area contributed by atoms with Gasteiger partial charge in [-0.25, -0.2) is 9.48 Å². The summed E-state index contributed by atoms with van der Waals surface area (Å²) in [7, 11) is 0.